The Kier molecular flexibility index (Phi) is 3.71. The van der Waals surface area contributed by atoms with Gasteiger partial charge < -0.3 is 10.4 Å². The first kappa shape index (κ1) is 13.4. The van der Waals surface area contributed by atoms with Crippen molar-refractivity contribution in [3.63, 3.8) is 0 Å². The van der Waals surface area contributed by atoms with Crippen LogP contribution in [0.2, 0.25) is 0 Å². The van der Waals surface area contributed by atoms with Crippen LogP contribution in [-0.4, -0.2) is 10.0 Å². The number of hydrogen-bond acceptors (Lipinski definition) is 5. The van der Waals surface area contributed by atoms with Gasteiger partial charge in [0.25, 0.3) is 5.69 Å². The number of hydrogen-bond donors (Lipinski definition) is 2. The van der Waals surface area contributed by atoms with Gasteiger partial charge in [0.15, 0.2) is 0 Å². The van der Waals surface area contributed by atoms with Gasteiger partial charge in [0.2, 0.25) is 0 Å². The Hall–Kier alpha value is -2.08. The first-order valence-corrected chi connectivity index (χ1v) is 6.59. The molecule has 0 saturated heterocycles. The fourth-order valence-electron chi connectivity index (χ4n) is 1.78. The topological polar surface area (TPSA) is 75.4 Å². The molecule has 0 bridgehead atoms. The van der Waals surface area contributed by atoms with Gasteiger partial charge in [0.1, 0.15) is 11.4 Å². The molecule has 0 fully saturated rings. The maximum atomic E-state index is 11.0. The maximum Gasteiger partial charge on any atom is 0.296 e. The summed E-state index contributed by atoms with van der Waals surface area (Å²) in [5, 5.41) is 23.4. The summed E-state index contributed by atoms with van der Waals surface area (Å²) in [6.45, 7) is 3.96. The third-order valence-corrected chi connectivity index (χ3v) is 3.92. The van der Waals surface area contributed by atoms with E-state index in [1.54, 1.807) is 11.3 Å². The number of aromatic hydroxyl groups is 1. The van der Waals surface area contributed by atoms with Crippen LogP contribution in [0.1, 0.15) is 22.7 Å². The lowest BCUT2D eigenvalue weighted by Crippen LogP contribution is -2.06. The molecular formula is C13H14N2O3S. The molecule has 0 amide bonds. The number of nitrogens with one attached hydrogen (secondary N) is 1. The summed E-state index contributed by atoms with van der Waals surface area (Å²) in [5.74, 6) is -0.114. The van der Waals surface area contributed by atoms with Gasteiger partial charge >= 0.3 is 0 Å². The largest absolute Gasteiger partial charge is 0.508 e. The van der Waals surface area contributed by atoms with Gasteiger partial charge in [-0.3, -0.25) is 10.1 Å². The number of thiophene rings is 1. The first-order chi connectivity index (χ1) is 8.97. The lowest BCUT2D eigenvalue weighted by atomic mass is 10.2. The van der Waals surface area contributed by atoms with Crippen LogP contribution in [0.25, 0.3) is 0 Å². The molecular weight excluding hydrogens is 264 g/mol. The number of phenolic OH excluding ortho intramolecular Hbond substituents is 1. The third-order valence-electron chi connectivity index (χ3n) is 2.74. The summed E-state index contributed by atoms with van der Waals surface area (Å²) in [5.41, 5.74) is 0.279. The smallest absolute Gasteiger partial charge is 0.296 e. The number of nitro benzene ring substituents is 1. The van der Waals surface area contributed by atoms with E-state index in [0.717, 1.165) is 10.9 Å². The van der Waals surface area contributed by atoms with E-state index in [4.69, 9.17) is 0 Å². The van der Waals surface area contributed by atoms with Crippen LogP contribution in [0.15, 0.2) is 30.3 Å². The fourth-order valence-corrected chi connectivity index (χ4v) is 2.66. The van der Waals surface area contributed by atoms with E-state index in [9.17, 15) is 15.2 Å². The second-order valence-corrected chi connectivity index (χ2v) is 5.59. The highest BCUT2D eigenvalue weighted by molar-refractivity contribution is 7.12. The van der Waals surface area contributed by atoms with E-state index >= 15 is 0 Å². The van der Waals surface area contributed by atoms with Crippen molar-refractivity contribution in [1.29, 1.82) is 0 Å². The minimum Gasteiger partial charge on any atom is -0.508 e. The van der Waals surface area contributed by atoms with Crippen molar-refractivity contribution < 1.29 is 10.0 Å². The van der Waals surface area contributed by atoms with Crippen LogP contribution in [-0.2, 0) is 0 Å². The Balaban J connectivity index is 2.26. The SMILES string of the molecule is Cc1ccc(C(C)Nc2ccc(O)cc2[N+](=O)[O-])s1. The van der Waals surface area contributed by atoms with E-state index < -0.39 is 4.92 Å². The van der Waals surface area contributed by atoms with Gasteiger partial charge in [-0.05, 0) is 38.1 Å². The second kappa shape index (κ2) is 5.27. The van der Waals surface area contributed by atoms with E-state index in [1.807, 2.05) is 26.0 Å². The molecule has 1 unspecified atom stereocenters. The molecule has 0 saturated carbocycles. The number of phenols is 1. The number of nitrogens with zero attached hydrogens (tertiary/aromatic N) is 1. The molecule has 0 aliphatic carbocycles. The zero-order valence-electron chi connectivity index (χ0n) is 10.6. The molecule has 5 nitrogen and oxygen atoms in total. The van der Waals surface area contributed by atoms with E-state index in [2.05, 4.69) is 5.32 Å². The zero-order valence-corrected chi connectivity index (χ0v) is 11.4. The molecule has 0 aliphatic heterocycles. The maximum absolute atomic E-state index is 11.0. The molecule has 2 N–H and O–H groups in total. The Labute approximate surface area is 114 Å². The standard InChI is InChI=1S/C13H14N2O3S/c1-8-3-6-13(19-8)9(2)14-11-5-4-10(16)7-12(11)15(17)18/h3-7,9,14,16H,1-2H3. The van der Waals surface area contributed by atoms with Gasteiger partial charge in [-0.1, -0.05) is 0 Å². The predicted octanol–water partition coefficient (Wildman–Crippen LogP) is 3.84. The highest BCUT2D eigenvalue weighted by atomic mass is 32.1. The molecule has 1 aromatic heterocycles. The fraction of sp³-hybridized carbons (Fsp3) is 0.231. The van der Waals surface area contributed by atoms with E-state index in [1.165, 1.54) is 17.0 Å². The zero-order chi connectivity index (χ0) is 14.0. The van der Waals surface area contributed by atoms with Gasteiger partial charge in [0.05, 0.1) is 17.0 Å². The van der Waals surface area contributed by atoms with Crippen LogP contribution in [0.3, 0.4) is 0 Å². The molecule has 0 radical (unpaired) electrons. The number of aryl methyl sites for hydroxylation is 1. The highest BCUT2D eigenvalue weighted by Gasteiger charge is 2.17. The lowest BCUT2D eigenvalue weighted by molar-refractivity contribution is -0.384. The minimum absolute atomic E-state index is 0.0260. The monoisotopic (exact) mass is 278 g/mol. The Morgan fingerprint density at radius 1 is 1.37 bits per heavy atom. The molecule has 0 aliphatic rings. The van der Waals surface area contributed by atoms with Crippen molar-refractivity contribution in [2.24, 2.45) is 0 Å². The molecule has 1 aromatic carbocycles. The van der Waals surface area contributed by atoms with E-state index in [-0.39, 0.29) is 17.5 Å². The molecule has 2 rings (SSSR count). The molecule has 1 heterocycles. The molecule has 1 atom stereocenters. The van der Waals surface area contributed by atoms with Crippen molar-refractivity contribution >= 4 is 22.7 Å². The highest BCUT2D eigenvalue weighted by Crippen LogP contribution is 2.32. The van der Waals surface area contributed by atoms with E-state index in [0.29, 0.717) is 5.69 Å². The van der Waals surface area contributed by atoms with Crippen molar-refractivity contribution in [1.82, 2.24) is 0 Å². The first-order valence-electron chi connectivity index (χ1n) is 5.77. The van der Waals surface area contributed by atoms with Crippen molar-refractivity contribution in [3.8, 4) is 5.75 Å². The lowest BCUT2D eigenvalue weighted by Gasteiger charge is -2.13. The normalized spacial score (nSPS) is 12.1. The molecule has 19 heavy (non-hydrogen) atoms. The van der Waals surface area contributed by atoms with Gasteiger partial charge in [0, 0.05) is 9.75 Å². The number of anilines is 1. The van der Waals surface area contributed by atoms with Crippen LogP contribution >= 0.6 is 11.3 Å². The van der Waals surface area contributed by atoms with Gasteiger partial charge in [-0.25, -0.2) is 0 Å². The van der Waals surface area contributed by atoms with Crippen LogP contribution < -0.4 is 5.32 Å². The summed E-state index contributed by atoms with van der Waals surface area (Å²) in [7, 11) is 0. The molecule has 100 valence electrons. The minimum atomic E-state index is -0.506. The van der Waals surface area contributed by atoms with Gasteiger partial charge in [-0.2, -0.15) is 0 Å². The van der Waals surface area contributed by atoms with Crippen LogP contribution in [0, 0.1) is 17.0 Å². The van der Waals surface area contributed by atoms with Gasteiger partial charge in [-0.15, -0.1) is 11.3 Å². The summed E-state index contributed by atoms with van der Waals surface area (Å²) in [6.07, 6.45) is 0. The van der Waals surface area contributed by atoms with Crippen molar-refractivity contribution in [2.75, 3.05) is 5.32 Å². The summed E-state index contributed by atoms with van der Waals surface area (Å²) in [4.78, 5) is 12.8. The summed E-state index contributed by atoms with van der Waals surface area (Å²) in [6, 6.07) is 8.09. The summed E-state index contributed by atoms with van der Waals surface area (Å²) < 4.78 is 0. The number of benzene rings is 1. The number of nitro groups is 1. The Morgan fingerprint density at radius 2 is 2.11 bits per heavy atom. The van der Waals surface area contributed by atoms with Crippen LogP contribution in [0.5, 0.6) is 5.75 Å². The average Bonchev–Trinajstić information content (AvgIpc) is 2.78. The number of rotatable bonds is 4. The summed E-state index contributed by atoms with van der Waals surface area (Å²) >= 11 is 1.65. The van der Waals surface area contributed by atoms with Crippen LogP contribution in [0.4, 0.5) is 11.4 Å². The molecule has 6 heteroatoms. The third kappa shape index (κ3) is 3.03. The Morgan fingerprint density at radius 3 is 2.68 bits per heavy atom. The second-order valence-electron chi connectivity index (χ2n) is 4.27. The predicted molar refractivity (Wildman–Crippen MR) is 75.9 cm³/mol. The molecule has 2 aromatic rings. The van der Waals surface area contributed by atoms with Crippen molar-refractivity contribution in [3.05, 3.63) is 50.2 Å². The van der Waals surface area contributed by atoms with Crippen molar-refractivity contribution in [2.45, 2.75) is 19.9 Å². The quantitative estimate of drug-likeness (QED) is 0.506. The average molecular weight is 278 g/mol. The Bertz CT molecular complexity index is 610. The molecule has 0 spiro atoms.